The summed E-state index contributed by atoms with van der Waals surface area (Å²) in [5.41, 5.74) is 1.17. The molecule has 29 heavy (non-hydrogen) atoms. The molecule has 0 spiro atoms. The summed E-state index contributed by atoms with van der Waals surface area (Å²) in [5.74, 6) is 0.756. The Balaban J connectivity index is 1.56. The van der Waals surface area contributed by atoms with Gasteiger partial charge in [-0.25, -0.2) is 4.79 Å². The molecule has 0 radical (unpaired) electrons. The number of nitrogens with zero attached hydrogens (tertiary/aromatic N) is 1. The number of ether oxygens (including phenoxy) is 1. The smallest absolute Gasteiger partial charge is 0.321 e. The van der Waals surface area contributed by atoms with Crippen molar-refractivity contribution in [2.24, 2.45) is 5.41 Å². The number of amides is 3. The molecule has 2 aromatic rings. The van der Waals surface area contributed by atoms with E-state index in [0.29, 0.717) is 31.9 Å². The Labute approximate surface area is 172 Å². The predicted molar refractivity (Wildman–Crippen MR) is 114 cm³/mol. The van der Waals surface area contributed by atoms with Gasteiger partial charge in [0, 0.05) is 25.3 Å². The SMILES string of the molecule is CCOc1ccc(NC(=O)N2CCCC(C)(C(=O)NCc3ccccc3)C2)cc1. The van der Waals surface area contributed by atoms with Crippen molar-refractivity contribution in [3.8, 4) is 5.75 Å². The Hall–Kier alpha value is -3.02. The lowest BCUT2D eigenvalue weighted by atomic mass is 9.81. The molecule has 1 atom stereocenters. The van der Waals surface area contributed by atoms with Gasteiger partial charge in [-0.15, -0.1) is 0 Å². The fourth-order valence-electron chi connectivity index (χ4n) is 3.59. The van der Waals surface area contributed by atoms with Crippen molar-refractivity contribution in [2.75, 3.05) is 25.0 Å². The minimum absolute atomic E-state index is 0.0140. The van der Waals surface area contributed by atoms with E-state index in [-0.39, 0.29) is 11.9 Å². The molecule has 3 rings (SSSR count). The number of rotatable bonds is 6. The molecule has 1 fully saturated rings. The van der Waals surface area contributed by atoms with E-state index in [9.17, 15) is 9.59 Å². The van der Waals surface area contributed by atoms with Crippen LogP contribution in [0.4, 0.5) is 10.5 Å². The van der Waals surface area contributed by atoms with Crippen molar-refractivity contribution >= 4 is 17.6 Å². The average molecular weight is 396 g/mol. The molecule has 3 amide bonds. The molecular formula is C23H29N3O3. The first-order valence-corrected chi connectivity index (χ1v) is 10.1. The highest BCUT2D eigenvalue weighted by Gasteiger charge is 2.39. The molecule has 1 unspecified atom stereocenters. The largest absolute Gasteiger partial charge is 0.494 e. The van der Waals surface area contributed by atoms with E-state index in [1.165, 1.54) is 0 Å². The molecule has 1 aliphatic rings. The third-order valence-electron chi connectivity index (χ3n) is 5.24. The molecule has 6 heteroatoms. The number of likely N-dealkylation sites (tertiary alicyclic amines) is 1. The van der Waals surface area contributed by atoms with Gasteiger partial charge < -0.3 is 20.3 Å². The minimum atomic E-state index is -0.594. The molecule has 154 valence electrons. The quantitative estimate of drug-likeness (QED) is 0.776. The highest BCUT2D eigenvalue weighted by molar-refractivity contribution is 5.90. The lowest BCUT2D eigenvalue weighted by molar-refractivity contribution is -0.132. The fraction of sp³-hybridized carbons (Fsp3) is 0.391. The molecule has 1 saturated heterocycles. The molecule has 0 aliphatic carbocycles. The lowest BCUT2D eigenvalue weighted by Crippen LogP contribution is -2.52. The fourth-order valence-corrected chi connectivity index (χ4v) is 3.59. The van der Waals surface area contributed by atoms with Crippen LogP contribution in [0, 0.1) is 5.41 Å². The van der Waals surface area contributed by atoms with Crippen LogP contribution in [0.2, 0.25) is 0 Å². The van der Waals surface area contributed by atoms with E-state index in [1.54, 1.807) is 4.90 Å². The zero-order valence-corrected chi connectivity index (χ0v) is 17.1. The topological polar surface area (TPSA) is 70.7 Å². The Morgan fingerprint density at radius 2 is 1.83 bits per heavy atom. The van der Waals surface area contributed by atoms with Gasteiger partial charge in [-0.3, -0.25) is 4.79 Å². The van der Waals surface area contributed by atoms with Crippen LogP contribution in [0.3, 0.4) is 0 Å². The van der Waals surface area contributed by atoms with E-state index >= 15 is 0 Å². The summed E-state index contributed by atoms with van der Waals surface area (Å²) in [6.45, 7) is 6.00. The zero-order chi connectivity index (χ0) is 20.7. The molecule has 2 aromatic carbocycles. The normalized spacial score (nSPS) is 18.8. The first-order chi connectivity index (χ1) is 14.0. The first kappa shape index (κ1) is 20.7. The summed E-state index contributed by atoms with van der Waals surface area (Å²) in [6, 6.07) is 16.9. The van der Waals surface area contributed by atoms with Crippen LogP contribution in [0.15, 0.2) is 54.6 Å². The maximum atomic E-state index is 12.8. The van der Waals surface area contributed by atoms with Crippen molar-refractivity contribution < 1.29 is 14.3 Å². The third kappa shape index (κ3) is 5.50. The molecular weight excluding hydrogens is 366 g/mol. The number of piperidine rings is 1. The van der Waals surface area contributed by atoms with Gasteiger partial charge in [-0.2, -0.15) is 0 Å². The summed E-state index contributed by atoms with van der Waals surface area (Å²) in [7, 11) is 0. The number of urea groups is 1. The van der Waals surface area contributed by atoms with Crippen molar-refractivity contribution in [3.63, 3.8) is 0 Å². The zero-order valence-electron chi connectivity index (χ0n) is 17.1. The van der Waals surface area contributed by atoms with Crippen molar-refractivity contribution in [3.05, 3.63) is 60.2 Å². The predicted octanol–water partition coefficient (Wildman–Crippen LogP) is 4.04. The van der Waals surface area contributed by atoms with Crippen LogP contribution < -0.4 is 15.4 Å². The van der Waals surface area contributed by atoms with Gasteiger partial charge in [0.2, 0.25) is 5.91 Å². The average Bonchev–Trinajstić information content (AvgIpc) is 2.74. The van der Waals surface area contributed by atoms with E-state index in [1.807, 2.05) is 68.4 Å². The van der Waals surface area contributed by atoms with Gasteiger partial charge >= 0.3 is 6.03 Å². The van der Waals surface area contributed by atoms with Crippen LogP contribution in [0.25, 0.3) is 0 Å². The summed E-state index contributed by atoms with van der Waals surface area (Å²) in [5, 5.41) is 5.94. The standard InChI is InChI=1S/C23H29N3O3/c1-3-29-20-12-10-19(11-13-20)25-22(28)26-15-7-14-23(2,17-26)21(27)24-16-18-8-5-4-6-9-18/h4-6,8-13H,3,7,14-17H2,1-2H3,(H,24,27)(H,25,28). The second-order valence-electron chi connectivity index (χ2n) is 7.64. The van der Waals surface area contributed by atoms with Gasteiger partial charge in [-0.1, -0.05) is 30.3 Å². The van der Waals surface area contributed by atoms with Gasteiger partial charge in [0.15, 0.2) is 0 Å². The second-order valence-corrected chi connectivity index (χ2v) is 7.64. The highest BCUT2D eigenvalue weighted by atomic mass is 16.5. The first-order valence-electron chi connectivity index (χ1n) is 10.1. The number of hydrogen-bond acceptors (Lipinski definition) is 3. The molecule has 0 saturated carbocycles. The Kier molecular flexibility index (Phi) is 6.75. The summed E-state index contributed by atoms with van der Waals surface area (Å²) in [4.78, 5) is 27.3. The number of carbonyl (C=O) groups is 2. The maximum Gasteiger partial charge on any atom is 0.321 e. The van der Waals surface area contributed by atoms with Gasteiger partial charge in [0.25, 0.3) is 0 Å². The maximum absolute atomic E-state index is 12.8. The number of carbonyl (C=O) groups excluding carboxylic acids is 2. The van der Waals surface area contributed by atoms with E-state index in [4.69, 9.17) is 4.74 Å². The van der Waals surface area contributed by atoms with E-state index in [2.05, 4.69) is 10.6 Å². The third-order valence-corrected chi connectivity index (χ3v) is 5.24. The number of benzene rings is 2. The van der Waals surface area contributed by atoms with Gasteiger partial charge in [0.1, 0.15) is 5.75 Å². The Bertz CT molecular complexity index is 823. The Morgan fingerprint density at radius 1 is 1.10 bits per heavy atom. The number of nitrogens with one attached hydrogen (secondary N) is 2. The van der Waals surface area contributed by atoms with Crippen LogP contribution >= 0.6 is 0 Å². The van der Waals surface area contributed by atoms with Crippen LogP contribution in [0.5, 0.6) is 5.75 Å². The highest BCUT2D eigenvalue weighted by Crippen LogP contribution is 2.30. The number of anilines is 1. The van der Waals surface area contributed by atoms with Crippen LogP contribution in [-0.2, 0) is 11.3 Å². The minimum Gasteiger partial charge on any atom is -0.494 e. The molecule has 2 N–H and O–H groups in total. The second kappa shape index (κ2) is 9.45. The molecule has 6 nitrogen and oxygen atoms in total. The monoisotopic (exact) mass is 395 g/mol. The van der Waals surface area contributed by atoms with Crippen LogP contribution in [-0.4, -0.2) is 36.5 Å². The Morgan fingerprint density at radius 3 is 2.52 bits per heavy atom. The van der Waals surface area contributed by atoms with Gasteiger partial charge in [0.05, 0.1) is 12.0 Å². The van der Waals surface area contributed by atoms with Crippen molar-refractivity contribution in [2.45, 2.75) is 33.2 Å². The van der Waals surface area contributed by atoms with E-state index in [0.717, 1.165) is 24.2 Å². The van der Waals surface area contributed by atoms with Crippen molar-refractivity contribution in [1.82, 2.24) is 10.2 Å². The molecule has 0 bridgehead atoms. The molecule has 1 aliphatic heterocycles. The summed E-state index contributed by atoms with van der Waals surface area (Å²) in [6.07, 6.45) is 1.56. The number of hydrogen-bond donors (Lipinski definition) is 2. The van der Waals surface area contributed by atoms with Crippen LogP contribution in [0.1, 0.15) is 32.3 Å². The summed E-state index contributed by atoms with van der Waals surface area (Å²) < 4.78 is 5.42. The van der Waals surface area contributed by atoms with E-state index < -0.39 is 5.41 Å². The molecule has 1 heterocycles. The lowest BCUT2D eigenvalue weighted by Gasteiger charge is -2.39. The van der Waals surface area contributed by atoms with Gasteiger partial charge in [-0.05, 0) is 56.5 Å². The molecule has 0 aromatic heterocycles. The van der Waals surface area contributed by atoms with Crippen molar-refractivity contribution in [1.29, 1.82) is 0 Å². The summed E-state index contributed by atoms with van der Waals surface area (Å²) >= 11 is 0.